The van der Waals surface area contributed by atoms with Gasteiger partial charge in [0.05, 0.1) is 0 Å². The molecule has 4 nitrogen and oxygen atoms in total. The molecule has 1 heterocycles. The van der Waals surface area contributed by atoms with Crippen LogP contribution >= 0.6 is 0 Å². The fraction of sp³-hybridized carbons (Fsp3) is 0.0526. The van der Waals surface area contributed by atoms with Crippen LogP contribution in [0.1, 0.15) is 15.9 Å². The Morgan fingerprint density at radius 2 is 1.76 bits per heavy atom. The summed E-state index contributed by atoms with van der Waals surface area (Å²) >= 11 is 0. The first-order valence-electron chi connectivity index (χ1n) is 7.51. The average Bonchev–Trinajstić information content (AvgIpc) is 2.59. The maximum atomic E-state index is 13.6. The molecule has 0 atom stereocenters. The third-order valence-electron chi connectivity index (χ3n) is 3.73. The lowest BCUT2D eigenvalue weighted by Gasteiger charge is -2.09. The number of halogens is 2. The molecular weight excluding hydrogens is 326 g/mol. The number of nitrogens with zero attached hydrogens (tertiary/aromatic N) is 1. The summed E-state index contributed by atoms with van der Waals surface area (Å²) in [6.45, 7) is 1.61. The van der Waals surface area contributed by atoms with Crippen molar-refractivity contribution in [1.29, 1.82) is 0 Å². The van der Waals surface area contributed by atoms with Crippen molar-refractivity contribution in [3.63, 3.8) is 0 Å². The maximum Gasteiger partial charge on any atom is 0.267 e. The van der Waals surface area contributed by atoms with Gasteiger partial charge < -0.3 is 5.32 Å². The number of carbonyl (C=O) groups is 1. The molecule has 0 bridgehead atoms. The lowest BCUT2D eigenvalue weighted by Crippen LogP contribution is -2.27. The lowest BCUT2D eigenvalue weighted by atomic mass is 10.2. The smallest absolute Gasteiger partial charge is 0.267 e. The fourth-order valence-electron chi connectivity index (χ4n) is 2.34. The van der Waals surface area contributed by atoms with Crippen LogP contribution in [-0.4, -0.2) is 10.5 Å². The number of carbonyl (C=O) groups excluding carboxylic acids is 1. The molecule has 0 aliphatic carbocycles. The Morgan fingerprint density at radius 1 is 1.04 bits per heavy atom. The third kappa shape index (κ3) is 3.47. The molecule has 126 valence electrons. The summed E-state index contributed by atoms with van der Waals surface area (Å²) in [6, 6.07) is 12.5. The minimum Gasteiger partial charge on any atom is -0.322 e. The van der Waals surface area contributed by atoms with Crippen molar-refractivity contribution < 1.29 is 13.6 Å². The minimum atomic E-state index is -0.648. The van der Waals surface area contributed by atoms with Crippen LogP contribution in [0.2, 0.25) is 0 Å². The van der Waals surface area contributed by atoms with E-state index in [0.717, 1.165) is 0 Å². The molecule has 2 aromatic carbocycles. The second-order valence-electron chi connectivity index (χ2n) is 5.49. The summed E-state index contributed by atoms with van der Waals surface area (Å²) in [6.07, 6.45) is 1.48. The summed E-state index contributed by atoms with van der Waals surface area (Å²) in [5.41, 5.74) is 0.482. The molecular formula is C19H14F2N2O2. The molecule has 0 radical (unpaired) electrons. The van der Waals surface area contributed by atoms with E-state index in [0.29, 0.717) is 11.3 Å². The van der Waals surface area contributed by atoms with Crippen molar-refractivity contribution in [3.8, 4) is 5.69 Å². The number of benzene rings is 2. The molecule has 0 saturated heterocycles. The van der Waals surface area contributed by atoms with Crippen LogP contribution in [0.15, 0.2) is 65.6 Å². The zero-order valence-corrected chi connectivity index (χ0v) is 13.3. The van der Waals surface area contributed by atoms with Crippen molar-refractivity contribution in [3.05, 3.63) is 93.9 Å². The lowest BCUT2D eigenvalue weighted by molar-refractivity contribution is 0.102. The first-order chi connectivity index (χ1) is 12.0. The van der Waals surface area contributed by atoms with Gasteiger partial charge in [0.1, 0.15) is 17.2 Å². The Bertz CT molecular complexity index is 995. The molecule has 0 fully saturated rings. The molecule has 3 aromatic rings. The Kier molecular flexibility index (Phi) is 4.43. The average molecular weight is 340 g/mol. The molecule has 3 rings (SSSR count). The molecule has 0 spiro atoms. The number of aromatic nitrogens is 1. The molecule has 25 heavy (non-hydrogen) atoms. The van der Waals surface area contributed by atoms with E-state index in [4.69, 9.17) is 0 Å². The van der Waals surface area contributed by atoms with Gasteiger partial charge in [-0.2, -0.15) is 0 Å². The Morgan fingerprint density at radius 3 is 2.44 bits per heavy atom. The van der Waals surface area contributed by atoms with Gasteiger partial charge >= 0.3 is 0 Å². The Labute approximate surface area is 142 Å². The fourth-order valence-corrected chi connectivity index (χ4v) is 2.34. The quantitative estimate of drug-likeness (QED) is 0.791. The number of aryl methyl sites for hydroxylation is 1. The van der Waals surface area contributed by atoms with Gasteiger partial charge in [0.15, 0.2) is 0 Å². The van der Waals surface area contributed by atoms with Crippen LogP contribution in [0.25, 0.3) is 5.69 Å². The van der Waals surface area contributed by atoms with Gasteiger partial charge in [-0.05, 0) is 61.0 Å². The largest absolute Gasteiger partial charge is 0.322 e. The first kappa shape index (κ1) is 16.6. The predicted molar refractivity (Wildman–Crippen MR) is 91.1 cm³/mol. The van der Waals surface area contributed by atoms with Crippen LogP contribution in [0.5, 0.6) is 0 Å². The summed E-state index contributed by atoms with van der Waals surface area (Å²) in [5.74, 6) is -1.52. The van der Waals surface area contributed by atoms with E-state index in [9.17, 15) is 18.4 Å². The van der Waals surface area contributed by atoms with Crippen molar-refractivity contribution in [2.24, 2.45) is 0 Å². The monoisotopic (exact) mass is 340 g/mol. The van der Waals surface area contributed by atoms with E-state index < -0.39 is 23.1 Å². The molecule has 0 aliphatic rings. The normalized spacial score (nSPS) is 10.5. The number of hydrogen-bond donors (Lipinski definition) is 1. The zero-order chi connectivity index (χ0) is 18.0. The molecule has 0 aliphatic heterocycles. The van der Waals surface area contributed by atoms with Crippen molar-refractivity contribution in [2.45, 2.75) is 6.92 Å². The van der Waals surface area contributed by atoms with Gasteiger partial charge in [0.25, 0.3) is 11.5 Å². The highest BCUT2D eigenvalue weighted by atomic mass is 19.1. The summed E-state index contributed by atoms with van der Waals surface area (Å²) in [4.78, 5) is 24.9. The Balaban J connectivity index is 1.93. The molecule has 6 heteroatoms. The molecule has 0 unspecified atom stereocenters. The number of pyridine rings is 1. The molecule has 1 amide bonds. The van der Waals surface area contributed by atoms with E-state index in [1.165, 1.54) is 59.3 Å². The van der Waals surface area contributed by atoms with Crippen LogP contribution < -0.4 is 10.9 Å². The van der Waals surface area contributed by atoms with Crippen LogP contribution in [0, 0.1) is 18.6 Å². The topological polar surface area (TPSA) is 51.1 Å². The van der Waals surface area contributed by atoms with Crippen LogP contribution in [0.3, 0.4) is 0 Å². The van der Waals surface area contributed by atoms with Gasteiger partial charge in [-0.1, -0.05) is 6.07 Å². The van der Waals surface area contributed by atoms with Crippen molar-refractivity contribution in [2.75, 3.05) is 5.32 Å². The second-order valence-corrected chi connectivity index (χ2v) is 5.49. The zero-order valence-electron chi connectivity index (χ0n) is 13.3. The minimum absolute atomic E-state index is 0.104. The number of rotatable bonds is 3. The van der Waals surface area contributed by atoms with Gasteiger partial charge in [0.2, 0.25) is 0 Å². The molecule has 1 aromatic heterocycles. The highest BCUT2D eigenvalue weighted by molar-refractivity contribution is 6.04. The van der Waals surface area contributed by atoms with E-state index in [-0.39, 0.29) is 11.3 Å². The van der Waals surface area contributed by atoms with Crippen molar-refractivity contribution in [1.82, 2.24) is 4.57 Å². The number of anilines is 1. The predicted octanol–water partition coefficient (Wildman–Crippen LogP) is 3.68. The number of nitrogens with one attached hydrogen (secondary N) is 1. The maximum absolute atomic E-state index is 13.6. The van der Waals surface area contributed by atoms with Crippen molar-refractivity contribution >= 4 is 11.6 Å². The van der Waals surface area contributed by atoms with Crippen LogP contribution in [0.4, 0.5) is 14.5 Å². The molecule has 1 N–H and O–H groups in total. The summed E-state index contributed by atoms with van der Waals surface area (Å²) in [7, 11) is 0. The highest BCUT2D eigenvalue weighted by Gasteiger charge is 2.14. The molecule has 0 saturated carbocycles. The first-order valence-corrected chi connectivity index (χ1v) is 7.51. The number of hydrogen-bond acceptors (Lipinski definition) is 2. The van der Waals surface area contributed by atoms with E-state index in [2.05, 4.69) is 5.32 Å². The Hall–Kier alpha value is -3.28. The van der Waals surface area contributed by atoms with E-state index >= 15 is 0 Å². The van der Waals surface area contributed by atoms with Gasteiger partial charge in [-0.3, -0.25) is 14.2 Å². The standard InChI is InChI=1S/C19H14F2N2O2/c1-12-4-7-14(11-17(12)21)22-18(24)16-3-2-10-23(19(16)25)15-8-5-13(20)6-9-15/h2-11H,1H3,(H,22,24). The van der Waals surface area contributed by atoms with E-state index in [1.54, 1.807) is 13.0 Å². The SMILES string of the molecule is Cc1ccc(NC(=O)c2cccn(-c3ccc(F)cc3)c2=O)cc1F. The highest BCUT2D eigenvalue weighted by Crippen LogP contribution is 2.14. The summed E-state index contributed by atoms with van der Waals surface area (Å²) < 4.78 is 27.9. The third-order valence-corrected chi connectivity index (χ3v) is 3.73. The summed E-state index contributed by atoms with van der Waals surface area (Å²) in [5, 5.41) is 2.50. The van der Waals surface area contributed by atoms with Gasteiger partial charge in [-0.15, -0.1) is 0 Å². The second kappa shape index (κ2) is 6.68. The van der Waals surface area contributed by atoms with Gasteiger partial charge in [-0.25, -0.2) is 8.78 Å². The van der Waals surface area contributed by atoms with E-state index in [1.807, 2.05) is 0 Å². The van der Waals surface area contributed by atoms with Gasteiger partial charge in [0, 0.05) is 17.6 Å². The van der Waals surface area contributed by atoms with Crippen LogP contribution in [-0.2, 0) is 0 Å². The number of amides is 1.